The molecule has 1 unspecified atom stereocenters. The Morgan fingerprint density at radius 1 is 1.30 bits per heavy atom. The molecular formula is C15H20N4O. The Balaban J connectivity index is 1.73. The maximum absolute atomic E-state index is 12.4. The molecule has 5 heteroatoms. The molecule has 0 aliphatic carbocycles. The van der Waals surface area contributed by atoms with Crippen LogP contribution in [0.2, 0.25) is 0 Å². The monoisotopic (exact) mass is 272 g/mol. The number of amides is 1. The lowest BCUT2D eigenvalue weighted by Gasteiger charge is -2.29. The van der Waals surface area contributed by atoms with Crippen molar-refractivity contribution in [1.82, 2.24) is 14.3 Å². The third kappa shape index (κ3) is 2.48. The van der Waals surface area contributed by atoms with Gasteiger partial charge in [-0.3, -0.25) is 9.20 Å². The summed E-state index contributed by atoms with van der Waals surface area (Å²) in [4.78, 5) is 18.6. The van der Waals surface area contributed by atoms with E-state index in [1.165, 1.54) is 6.42 Å². The highest BCUT2D eigenvalue weighted by atomic mass is 16.2. The number of fused-ring (bicyclic) bond motifs is 1. The third-order valence-electron chi connectivity index (χ3n) is 3.83. The smallest absolute Gasteiger partial charge is 0.244 e. The van der Waals surface area contributed by atoms with Crippen LogP contribution in [0, 0.1) is 0 Å². The van der Waals surface area contributed by atoms with E-state index in [0.29, 0.717) is 0 Å². The van der Waals surface area contributed by atoms with Crippen LogP contribution >= 0.6 is 0 Å². The number of hydrogen-bond acceptors (Lipinski definition) is 3. The van der Waals surface area contributed by atoms with Crippen molar-refractivity contribution in [3.8, 4) is 0 Å². The Morgan fingerprint density at radius 2 is 2.10 bits per heavy atom. The Kier molecular flexibility index (Phi) is 3.58. The summed E-state index contributed by atoms with van der Waals surface area (Å²) < 4.78 is 1.96. The first-order valence-electron chi connectivity index (χ1n) is 7.23. The van der Waals surface area contributed by atoms with E-state index in [1.54, 1.807) is 6.20 Å². The largest absolute Gasteiger partial charge is 0.360 e. The van der Waals surface area contributed by atoms with Gasteiger partial charge >= 0.3 is 0 Å². The molecule has 0 bridgehead atoms. The van der Waals surface area contributed by atoms with Crippen molar-refractivity contribution in [1.29, 1.82) is 0 Å². The number of nitrogens with zero attached hydrogens (tertiary/aromatic N) is 3. The van der Waals surface area contributed by atoms with Gasteiger partial charge in [0.15, 0.2) is 0 Å². The lowest BCUT2D eigenvalue weighted by molar-refractivity contribution is -0.132. The van der Waals surface area contributed by atoms with Crippen LogP contribution in [0.3, 0.4) is 0 Å². The molecule has 1 fully saturated rings. The number of hydrogen-bond donors (Lipinski definition) is 1. The maximum Gasteiger partial charge on any atom is 0.244 e. The summed E-state index contributed by atoms with van der Waals surface area (Å²) >= 11 is 0. The minimum absolute atomic E-state index is 0.182. The van der Waals surface area contributed by atoms with E-state index in [2.05, 4.69) is 10.3 Å². The molecule has 2 aromatic rings. The van der Waals surface area contributed by atoms with E-state index in [1.807, 2.05) is 40.6 Å². The van der Waals surface area contributed by atoms with Gasteiger partial charge in [0.25, 0.3) is 0 Å². The molecule has 1 aliphatic rings. The van der Waals surface area contributed by atoms with Crippen molar-refractivity contribution in [3.05, 3.63) is 30.6 Å². The number of pyridine rings is 1. The fourth-order valence-corrected chi connectivity index (χ4v) is 2.74. The number of aromatic nitrogens is 2. The van der Waals surface area contributed by atoms with E-state index >= 15 is 0 Å². The maximum atomic E-state index is 12.4. The van der Waals surface area contributed by atoms with Gasteiger partial charge in [0.1, 0.15) is 17.5 Å². The second-order valence-electron chi connectivity index (χ2n) is 5.32. The van der Waals surface area contributed by atoms with Crippen LogP contribution in [0.25, 0.3) is 5.65 Å². The minimum Gasteiger partial charge on any atom is -0.360 e. The Labute approximate surface area is 118 Å². The first-order valence-corrected chi connectivity index (χ1v) is 7.23. The SMILES string of the molecule is CC(Nc1cccc2nccn12)C(=O)N1CCCCC1. The topological polar surface area (TPSA) is 49.6 Å². The summed E-state index contributed by atoms with van der Waals surface area (Å²) in [6.07, 6.45) is 7.14. The van der Waals surface area contributed by atoms with Crippen molar-refractivity contribution in [3.63, 3.8) is 0 Å². The highest BCUT2D eigenvalue weighted by Gasteiger charge is 2.22. The molecule has 2 aromatic heterocycles. The highest BCUT2D eigenvalue weighted by molar-refractivity contribution is 5.84. The summed E-state index contributed by atoms with van der Waals surface area (Å²) in [6.45, 7) is 3.70. The van der Waals surface area contributed by atoms with Gasteiger partial charge in [-0.25, -0.2) is 4.98 Å². The molecule has 0 radical (unpaired) electrons. The Bertz CT molecular complexity index is 601. The fraction of sp³-hybridized carbons (Fsp3) is 0.467. The highest BCUT2D eigenvalue weighted by Crippen LogP contribution is 2.15. The van der Waals surface area contributed by atoms with Gasteiger partial charge in [0, 0.05) is 25.5 Å². The Morgan fingerprint density at radius 3 is 2.90 bits per heavy atom. The van der Waals surface area contributed by atoms with Crippen molar-refractivity contribution in [2.45, 2.75) is 32.2 Å². The van der Waals surface area contributed by atoms with E-state index in [9.17, 15) is 4.79 Å². The van der Waals surface area contributed by atoms with Crippen molar-refractivity contribution in [2.24, 2.45) is 0 Å². The molecule has 3 rings (SSSR count). The molecule has 1 saturated heterocycles. The van der Waals surface area contributed by atoms with Crippen LogP contribution in [0.1, 0.15) is 26.2 Å². The quantitative estimate of drug-likeness (QED) is 0.931. The second-order valence-corrected chi connectivity index (χ2v) is 5.32. The lowest BCUT2D eigenvalue weighted by Crippen LogP contribution is -2.44. The summed E-state index contributed by atoms with van der Waals surface area (Å²) in [5.41, 5.74) is 0.882. The van der Waals surface area contributed by atoms with Crippen LogP contribution in [0.5, 0.6) is 0 Å². The minimum atomic E-state index is -0.221. The summed E-state index contributed by atoms with van der Waals surface area (Å²) in [5, 5.41) is 3.30. The van der Waals surface area contributed by atoms with Gasteiger partial charge in [-0.1, -0.05) is 6.07 Å². The van der Waals surface area contributed by atoms with Crippen LogP contribution in [-0.2, 0) is 4.79 Å². The molecule has 1 atom stereocenters. The number of imidazole rings is 1. The zero-order valence-electron chi connectivity index (χ0n) is 11.7. The standard InChI is InChI=1S/C15H20N4O/c1-12(15(20)18-9-3-2-4-10-18)17-14-7-5-6-13-16-8-11-19(13)14/h5-8,11-12,17H,2-4,9-10H2,1H3. The van der Waals surface area contributed by atoms with Crippen molar-refractivity contribution < 1.29 is 4.79 Å². The summed E-state index contributed by atoms with van der Waals surface area (Å²) in [6, 6.07) is 5.64. The summed E-state index contributed by atoms with van der Waals surface area (Å²) in [7, 11) is 0. The van der Waals surface area contributed by atoms with Crippen molar-refractivity contribution >= 4 is 17.4 Å². The van der Waals surface area contributed by atoms with E-state index in [-0.39, 0.29) is 11.9 Å². The number of likely N-dealkylation sites (tertiary alicyclic amines) is 1. The van der Waals surface area contributed by atoms with Gasteiger partial charge < -0.3 is 10.2 Å². The molecular weight excluding hydrogens is 252 g/mol. The Hall–Kier alpha value is -2.04. The molecule has 1 aliphatic heterocycles. The average Bonchev–Trinajstić information content (AvgIpc) is 2.97. The molecule has 20 heavy (non-hydrogen) atoms. The van der Waals surface area contributed by atoms with Gasteiger partial charge in [0.05, 0.1) is 0 Å². The molecule has 5 nitrogen and oxygen atoms in total. The molecule has 1 amide bonds. The van der Waals surface area contributed by atoms with Crippen LogP contribution in [0.15, 0.2) is 30.6 Å². The van der Waals surface area contributed by atoms with E-state index in [0.717, 1.165) is 37.4 Å². The predicted molar refractivity (Wildman–Crippen MR) is 78.7 cm³/mol. The number of nitrogens with one attached hydrogen (secondary N) is 1. The molecule has 3 heterocycles. The number of rotatable bonds is 3. The second kappa shape index (κ2) is 5.53. The van der Waals surface area contributed by atoms with Gasteiger partial charge in [-0.05, 0) is 38.3 Å². The fourth-order valence-electron chi connectivity index (χ4n) is 2.74. The normalized spacial score (nSPS) is 17.1. The van der Waals surface area contributed by atoms with E-state index in [4.69, 9.17) is 0 Å². The van der Waals surface area contributed by atoms with Gasteiger partial charge in [-0.15, -0.1) is 0 Å². The van der Waals surface area contributed by atoms with Crippen LogP contribution < -0.4 is 5.32 Å². The number of piperidine rings is 1. The molecule has 0 spiro atoms. The van der Waals surface area contributed by atoms with Crippen LogP contribution in [0.4, 0.5) is 5.82 Å². The zero-order chi connectivity index (χ0) is 13.9. The third-order valence-corrected chi connectivity index (χ3v) is 3.83. The van der Waals surface area contributed by atoms with E-state index < -0.39 is 0 Å². The predicted octanol–water partition coefficient (Wildman–Crippen LogP) is 2.15. The van der Waals surface area contributed by atoms with Crippen LogP contribution in [-0.4, -0.2) is 39.3 Å². The summed E-state index contributed by atoms with van der Waals surface area (Å²) in [5.74, 6) is 1.08. The number of anilines is 1. The average molecular weight is 272 g/mol. The number of carbonyl (C=O) groups is 1. The molecule has 1 N–H and O–H groups in total. The first-order chi connectivity index (χ1) is 9.75. The van der Waals surface area contributed by atoms with Gasteiger partial charge in [-0.2, -0.15) is 0 Å². The van der Waals surface area contributed by atoms with Gasteiger partial charge in [0.2, 0.25) is 5.91 Å². The first kappa shape index (κ1) is 13.0. The molecule has 0 aromatic carbocycles. The molecule has 106 valence electrons. The lowest BCUT2D eigenvalue weighted by atomic mass is 10.1. The number of carbonyl (C=O) groups excluding carboxylic acids is 1. The van der Waals surface area contributed by atoms with Crippen molar-refractivity contribution in [2.75, 3.05) is 18.4 Å². The molecule has 0 saturated carbocycles. The zero-order valence-corrected chi connectivity index (χ0v) is 11.7.